The summed E-state index contributed by atoms with van der Waals surface area (Å²) in [7, 11) is 0. The van der Waals surface area contributed by atoms with Gasteiger partial charge in [0.1, 0.15) is 11.6 Å². The smallest absolute Gasteiger partial charge is 0.251 e. The van der Waals surface area contributed by atoms with E-state index >= 15 is 0 Å². The molecule has 1 amide bonds. The van der Waals surface area contributed by atoms with E-state index in [0.29, 0.717) is 0 Å². The number of benzene rings is 1. The molecule has 1 atom stereocenters. The fourth-order valence-corrected chi connectivity index (χ4v) is 2.84. The number of primary amides is 1. The van der Waals surface area contributed by atoms with E-state index in [2.05, 4.69) is 4.98 Å². The first-order chi connectivity index (χ1) is 11.3. The molecule has 6 nitrogen and oxygen atoms in total. The molecule has 1 unspecified atom stereocenters. The summed E-state index contributed by atoms with van der Waals surface area (Å²) in [5, 5.41) is 19.3. The number of hydrogen-bond acceptors (Lipinski definition) is 5. The lowest BCUT2D eigenvalue weighted by Crippen LogP contribution is -2.46. The molecule has 1 aromatic heterocycles. The minimum atomic E-state index is -1.82. The Balaban J connectivity index is 2.24. The first-order valence-electron chi connectivity index (χ1n) is 6.92. The summed E-state index contributed by atoms with van der Waals surface area (Å²) in [4.78, 5) is 16.4. The maximum absolute atomic E-state index is 13.9. The van der Waals surface area contributed by atoms with Crippen molar-refractivity contribution in [1.82, 2.24) is 4.98 Å². The number of carbonyl (C=O) groups is 1. The second-order valence-electron chi connectivity index (χ2n) is 5.58. The van der Waals surface area contributed by atoms with Gasteiger partial charge in [-0.05, 0) is 6.07 Å². The molecule has 124 valence electrons. The normalized spacial score (nSPS) is 20.4. The van der Waals surface area contributed by atoms with Crippen molar-refractivity contribution in [2.24, 2.45) is 5.73 Å². The van der Waals surface area contributed by atoms with Gasteiger partial charge in [0.05, 0.1) is 17.8 Å². The van der Waals surface area contributed by atoms with Crippen molar-refractivity contribution in [3.8, 4) is 6.07 Å². The molecule has 1 aromatic carbocycles. The van der Waals surface area contributed by atoms with Crippen LogP contribution in [0.1, 0.15) is 12.0 Å². The quantitative estimate of drug-likeness (QED) is 0.795. The molecule has 1 aliphatic rings. The van der Waals surface area contributed by atoms with Crippen LogP contribution in [0, 0.1) is 28.8 Å². The number of nitriles is 1. The molecule has 0 aliphatic carbocycles. The van der Waals surface area contributed by atoms with Gasteiger partial charge in [-0.15, -0.1) is 0 Å². The number of nitrogens with two attached hydrogens (primary N) is 1. The van der Waals surface area contributed by atoms with Crippen LogP contribution in [-0.4, -0.2) is 34.7 Å². The maximum atomic E-state index is 13.9. The second kappa shape index (κ2) is 5.35. The van der Waals surface area contributed by atoms with Crippen LogP contribution < -0.4 is 10.6 Å². The fraction of sp³-hybridized carbons (Fsp3) is 0.267. The van der Waals surface area contributed by atoms with Crippen LogP contribution in [0.2, 0.25) is 0 Å². The van der Waals surface area contributed by atoms with Crippen molar-refractivity contribution in [2.75, 3.05) is 18.0 Å². The Morgan fingerprint density at radius 3 is 2.71 bits per heavy atom. The summed E-state index contributed by atoms with van der Waals surface area (Å²) in [6, 6.07) is 2.57. The van der Waals surface area contributed by atoms with Gasteiger partial charge in [-0.2, -0.15) is 5.26 Å². The number of rotatable bonds is 2. The maximum Gasteiger partial charge on any atom is 0.251 e. The van der Waals surface area contributed by atoms with Crippen LogP contribution in [-0.2, 0) is 4.79 Å². The first kappa shape index (κ1) is 16.0. The number of aromatic nitrogens is 1. The molecule has 0 saturated carbocycles. The Hall–Kier alpha value is -2.86. The molecule has 1 fully saturated rings. The van der Waals surface area contributed by atoms with Gasteiger partial charge in [-0.1, -0.05) is 0 Å². The van der Waals surface area contributed by atoms with Gasteiger partial charge in [-0.3, -0.25) is 9.78 Å². The third-order valence-corrected chi connectivity index (χ3v) is 4.11. The number of halogens is 3. The molecule has 9 heteroatoms. The zero-order valence-electron chi connectivity index (χ0n) is 12.2. The van der Waals surface area contributed by atoms with E-state index in [1.165, 1.54) is 4.90 Å². The van der Waals surface area contributed by atoms with Crippen LogP contribution in [0.15, 0.2) is 12.3 Å². The molecule has 0 radical (unpaired) electrons. The molecule has 2 heterocycles. The van der Waals surface area contributed by atoms with E-state index in [-0.39, 0.29) is 36.1 Å². The molecule has 24 heavy (non-hydrogen) atoms. The van der Waals surface area contributed by atoms with Gasteiger partial charge in [0.15, 0.2) is 23.1 Å². The second-order valence-corrected chi connectivity index (χ2v) is 5.58. The number of amides is 1. The molecule has 0 bridgehead atoms. The van der Waals surface area contributed by atoms with E-state index in [1.807, 2.05) is 6.07 Å². The number of fused-ring (bicyclic) bond motifs is 1. The lowest BCUT2D eigenvalue weighted by atomic mass is 10.0. The van der Waals surface area contributed by atoms with Crippen LogP contribution >= 0.6 is 0 Å². The number of nitrogens with zero attached hydrogens (tertiary/aromatic N) is 3. The van der Waals surface area contributed by atoms with Crippen molar-refractivity contribution in [3.05, 3.63) is 35.3 Å². The van der Waals surface area contributed by atoms with Crippen molar-refractivity contribution in [1.29, 1.82) is 5.26 Å². The molecule has 3 N–H and O–H groups in total. The number of pyridine rings is 1. The average molecular weight is 336 g/mol. The third-order valence-electron chi connectivity index (χ3n) is 4.11. The molecule has 1 saturated heterocycles. The summed E-state index contributed by atoms with van der Waals surface area (Å²) in [6.07, 6.45) is 1.02. The van der Waals surface area contributed by atoms with Crippen LogP contribution in [0.4, 0.5) is 18.9 Å². The van der Waals surface area contributed by atoms with E-state index in [4.69, 9.17) is 5.73 Å². The highest BCUT2D eigenvalue weighted by Gasteiger charge is 2.42. The van der Waals surface area contributed by atoms with Crippen LogP contribution in [0.5, 0.6) is 0 Å². The fourth-order valence-electron chi connectivity index (χ4n) is 2.84. The molecular formula is C15H11F3N4O2. The highest BCUT2D eigenvalue weighted by Crippen LogP contribution is 2.36. The third kappa shape index (κ3) is 2.23. The Kier molecular flexibility index (Phi) is 3.57. The van der Waals surface area contributed by atoms with Crippen molar-refractivity contribution < 1.29 is 23.1 Å². The molecule has 2 aromatic rings. The largest absolute Gasteiger partial charge is 0.378 e. The van der Waals surface area contributed by atoms with E-state index in [9.17, 15) is 28.3 Å². The van der Waals surface area contributed by atoms with Crippen LogP contribution in [0.3, 0.4) is 0 Å². The SMILES string of the molecule is N#Cc1cnc2c(F)c(F)c(F)cc2c1N1CCC(O)(C(N)=O)C1. The summed E-state index contributed by atoms with van der Waals surface area (Å²) >= 11 is 0. The topological polar surface area (TPSA) is 103 Å². The van der Waals surface area contributed by atoms with Gasteiger partial charge < -0.3 is 15.7 Å². The zero-order chi connectivity index (χ0) is 17.6. The van der Waals surface area contributed by atoms with Crippen molar-refractivity contribution >= 4 is 22.5 Å². The highest BCUT2D eigenvalue weighted by molar-refractivity contribution is 5.96. The van der Waals surface area contributed by atoms with Gasteiger partial charge >= 0.3 is 0 Å². The summed E-state index contributed by atoms with van der Waals surface area (Å²) in [5.74, 6) is -5.51. The monoisotopic (exact) mass is 336 g/mol. The minimum Gasteiger partial charge on any atom is -0.378 e. The standard InChI is InChI=1S/C15H11F3N4O2/c16-9-3-8-12(11(18)10(9)17)21-5-7(4-19)13(8)22-2-1-15(24,6-22)14(20)23/h3,5,24H,1-2,6H2,(H2,20,23). The molecule has 3 rings (SSSR count). The number of hydrogen-bond donors (Lipinski definition) is 2. The lowest BCUT2D eigenvalue weighted by molar-refractivity contribution is -0.134. The van der Waals surface area contributed by atoms with Gasteiger partial charge in [0.25, 0.3) is 5.91 Å². The van der Waals surface area contributed by atoms with E-state index in [1.54, 1.807) is 0 Å². The highest BCUT2D eigenvalue weighted by atomic mass is 19.2. The molecule has 0 spiro atoms. The van der Waals surface area contributed by atoms with Gasteiger partial charge in [0.2, 0.25) is 0 Å². The number of β-amino-alcohol motifs (C(OH)–C–C–N with tert-alkyl or cyclic N) is 1. The first-order valence-corrected chi connectivity index (χ1v) is 6.92. The van der Waals surface area contributed by atoms with Gasteiger partial charge in [0, 0.05) is 24.5 Å². The van der Waals surface area contributed by atoms with E-state index < -0.39 is 34.5 Å². The Morgan fingerprint density at radius 1 is 1.42 bits per heavy atom. The minimum absolute atomic E-state index is 0.0107. The Morgan fingerprint density at radius 2 is 2.12 bits per heavy atom. The van der Waals surface area contributed by atoms with E-state index in [0.717, 1.165) is 12.3 Å². The number of aliphatic hydroxyl groups is 1. The van der Waals surface area contributed by atoms with Crippen LogP contribution in [0.25, 0.3) is 10.9 Å². The molecule has 1 aliphatic heterocycles. The Labute approximate surface area is 133 Å². The summed E-state index contributed by atoms with van der Waals surface area (Å²) < 4.78 is 41.0. The summed E-state index contributed by atoms with van der Waals surface area (Å²) in [6.45, 7) is -0.134. The predicted octanol–water partition coefficient (Wildman–Crippen LogP) is 0.950. The average Bonchev–Trinajstić information content (AvgIpc) is 2.95. The molecular weight excluding hydrogens is 325 g/mol. The number of carbonyl (C=O) groups excluding carboxylic acids is 1. The lowest BCUT2D eigenvalue weighted by Gasteiger charge is -2.23. The zero-order valence-corrected chi connectivity index (χ0v) is 12.2. The Bertz CT molecular complexity index is 912. The van der Waals surface area contributed by atoms with Gasteiger partial charge in [-0.25, -0.2) is 13.2 Å². The van der Waals surface area contributed by atoms with Crippen molar-refractivity contribution in [2.45, 2.75) is 12.0 Å². The summed E-state index contributed by atoms with van der Waals surface area (Å²) in [5.41, 5.74) is 2.94. The number of anilines is 1. The van der Waals surface area contributed by atoms with Crippen molar-refractivity contribution in [3.63, 3.8) is 0 Å². The predicted molar refractivity (Wildman–Crippen MR) is 77.3 cm³/mol.